The summed E-state index contributed by atoms with van der Waals surface area (Å²) in [6, 6.07) is 0. The average Bonchev–Trinajstić information content (AvgIpc) is 3.35. The molecule has 4 nitrogen and oxygen atoms in total. The van der Waals surface area contributed by atoms with E-state index >= 15 is 0 Å². The molecule has 3 aliphatic rings. The Morgan fingerprint density at radius 2 is 2.00 bits per heavy atom. The lowest BCUT2D eigenvalue weighted by molar-refractivity contribution is 0.0972. The highest BCUT2D eigenvalue weighted by molar-refractivity contribution is 7.19. The van der Waals surface area contributed by atoms with Crippen LogP contribution in [0.5, 0.6) is 0 Å². The molecule has 1 saturated heterocycles. The van der Waals surface area contributed by atoms with Gasteiger partial charge in [0.15, 0.2) is 5.78 Å². The van der Waals surface area contributed by atoms with Crippen LogP contribution in [0.2, 0.25) is 0 Å². The van der Waals surface area contributed by atoms with E-state index in [1.807, 2.05) is 0 Å². The van der Waals surface area contributed by atoms with Crippen LogP contribution < -0.4 is 10.6 Å². The van der Waals surface area contributed by atoms with E-state index in [1.54, 1.807) is 11.3 Å². The van der Waals surface area contributed by atoms with Gasteiger partial charge in [-0.1, -0.05) is 0 Å². The van der Waals surface area contributed by atoms with Crippen molar-refractivity contribution in [1.29, 1.82) is 0 Å². The molecule has 1 atom stereocenters. The summed E-state index contributed by atoms with van der Waals surface area (Å²) in [5.74, 6) is 1.01. The minimum Gasteiger partial charge on any atom is -0.397 e. The second-order valence-corrected chi connectivity index (χ2v) is 7.72. The minimum absolute atomic E-state index is 0.220. The first-order valence-corrected chi connectivity index (χ1v) is 8.86. The van der Waals surface area contributed by atoms with Crippen molar-refractivity contribution in [2.75, 3.05) is 23.7 Å². The zero-order valence-electron chi connectivity index (χ0n) is 12.2. The number of carbonyl (C=O) groups is 1. The van der Waals surface area contributed by atoms with Gasteiger partial charge in [-0.25, -0.2) is 0 Å². The number of rotatable bonds is 4. The Labute approximate surface area is 128 Å². The van der Waals surface area contributed by atoms with Crippen LogP contribution in [0, 0.1) is 5.92 Å². The molecule has 0 radical (unpaired) electrons. The second-order valence-electron chi connectivity index (χ2n) is 6.72. The summed E-state index contributed by atoms with van der Waals surface area (Å²) in [6.07, 6.45) is 6.04. The molecule has 1 unspecified atom stereocenters. The normalized spacial score (nSPS) is 26.1. The smallest absolute Gasteiger partial charge is 0.178 e. The fourth-order valence-corrected chi connectivity index (χ4v) is 4.66. The highest BCUT2D eigenvalue weighted by atomic mass is 32.1. The first-order chi connectivity index (χ1) is 10.1. The lowest BCUT2D eigenvalue weighted by Crippen LogP contribution is -2.38. The van der Waals surface area contributed by atoms with Crippen molar-refractivity contribution in [2.45, 2.75) is 50.5 Å². The number of aliphatic hydroxyl groups excluding tert-OH is 1. The van der Waals surface area contributed by atoms with Gasteiger partial charge in [-0.3, -0.25) is 4.79 Å². The predicted octanol–water partition coefficient (Wildman–Crippen LogP) is 2.76. The Morgan fingerprint density at radius 3 is 2.62 bits per heavy atom. The number of hydrogen-bond donors (Lipinski definition) is 2. The predicted molar refractivity (Wildman–Crippen MR) is 85.2 cm³/mol. The van der Waals surface area contributed by atoms with E-state index in [-0.39, 0.29) is 17.8 Å². The third kappa shape index (κ3) is 2.46. The Balaban J connectivity index is 1.71. The lowest BCUT2D eigenvalue weighted by atomic mass is 10.1. The number of thiophene rings is 1. The summed E-state index contributed by atoms with van der Waals surface area (Å²) >= 11 is 1.58. The first kappa shape index (κ1) is 13.6. The molecule has 2 saturated carbocycles. The lowest BCUT2D eigenvalue weighted by Gasteiger charge is -2.31. The molecule has 1 aromatic heterocycles. The van der Waals surface area contributed by atoms with E-state index < -0.39 is 0 Å². The van der Waals surface area contributed by atoms with Crippen molar-refractivity contribution in [3.05, 3.63) is 10.4 Å². The van der Waals surface area contributed by atoms with Gasteiger partial charge in [-0.2, -0.15) is 0 Å². The number of nitrogens with zero attached hydrogens (tertiary/aromatic N) is 1. The number of carbonyl (C=O) groups excluding carboxylic acids is 1. The molecule has 2 aliphatic carbocycles. The van der Waals surface area contributed by atoms with Gasteiger partial charge < -0.3 is 15.7 Å². The third-order valence-electron chi connectivity index (χ3n) is 4.81. The number of ketones is 1. The van der Waals surface area contributed by atoms with Gasteiger partial charge >= 0.3 is 0 Å². The topological polar surface area (TPSA) is 66.6 Å². The SMILES string of the molecule is Nc1c(C(=O)C2CC2)sc(N2CCCC(O)C2)c1C1CC1. The summed E-state index contributed by atoms with van der Waals surface area (Å²) in [5, 5.41) is 11.1. The Morgan fingerprint density at radius 1 is 1.24 bits per heavy atom. The molecule has 5 heteroatoms. The minimum atomic E-state index is -0.253. The summed E-state index contributed by atoms with van der Waals surface area (Å²) < 4.78 is 0. The van der Waals surface area contributed by atoms with Crippen LogP contribution in [0.25, 0.3) is 0 Å². The van der Waals surface area contributed by atoms with Gasteiger partial charge in [0, 0.05) is 24.6 Å². The quantitative estimate of drug-likeness (QED) is 0.839. The van der Waals surface area contributed by atoms with Gasteiger partial charge in [0.1, 0.15) is 0 Å². The van der Waals surface area contributed by atoms with Gasteiger partial charge in [-0.15, -0.1) is 11.3 Å². The molecule has 0 spiro atoms. The van der Waals surface area contributed by atoms with Crippen molar-refractivity contribution < 1.29 is 9.90 Å². The second kappa shape index (κ2) is 4.99. The highest BCUT2D eigenvalue weighted by Gasteiger charge is 2.38. The number of β-amino-alcohol motifs (C(OH)–C–C–N with tert-alkyl or cyclic N) is 1. The van der Waals surface area contributed by atoms with E-state index in [0.717, 1.165) is 47.8 Å². The molecule has 0 bridgehead atoms. The summed E-state index contributed by atoms with van der Waals surface area (Å²) in [5.41, 5.74) is 8.30. The number of nitrogen functional groups attached to an aromatic ring is 1. The van der Waals surface area contributed by atoms with Crippen LogP contribution >= 0.6 is 11.3 Å². The van der Waals surface area contributed by atoms with Crippen molar-refractivity contribution in [3.8, 4) is 0 Å². The molecular weight excluding hydrogens is 284 g/mol. The maximum atomic E-state index is 12.4. The van der Waals surface area contributed by atoms with E-state index in [1.165, 1.54) is 18.4 Å². The van der Waals surface area contributed by atoms with Gasteiger partial charge in [0.05, 0.1) is 21.7 Å². The highest BCUT2D eigenvalue weighted by Crippen LogP contribution is 2.53. The van der Waals surface area contributed by atoms with Gasteiger partial charge in [-0.05, 0) is 44.4 Å². The van der Waals surface area contributed by atoms with Crippen molar-refractivity contribution in [1.82, 2.24) is 0 Å². The number of Topliss-reactive ketones (excluding diaryl/α,β-unsaturated/α-hetero) is 1. The Bertz CT molecular complexity index is 575. The zero-order chi connectivity index (χ0) is 14.6. The molecule has 0 aromatic carbocycles. The molecule has 21 heavy (non-hydrogen) atoms. The molecule has 114 valence electrons. The van der Waals surface area contributed by atoms with Crippen LogP contribution in [0.1, 0.15) is 59.7 Å². The summed E-state index contributed by atoms with van der Waals surface area (Å²) in [7, 11) is 0. The van der Waals surface area contributed by atoms with Crippen LogP contribution in [0.3, 0.4) is 0 Å². The maximum absolute atomic E-state index is 12.4. The maximum Gasteiger partial charge on any atom is 0.178 e. The van der Waals surface area contributed by atoms with Crippen LogP contribution in [0.15, 0.2) is 0 Å². The van der Waals surface area contributed by atoms with Crippen LogP contribution in [0.4, 0.5) is 10.7 Å². The molecule has 4 rings (SSSR count). The largest absolute Gasteiger partial charge is 0.397 e. The van der Waals surface area contributed by atoms with E-state index in [2.05, 4.69) is 4.90 Å². The van der Waals surface area contributed by atoms with E-state index in [4.69, 9.17) is 5.73 Å². The average molecular weight is 306 g/mol. The fourth-order valence-electron chi connectivity index (χ4n) is 3.30. The van der Waals surface area contributed by atoms with Crippen molar-refractivity contribution in [3.63, 3.8) is 0 Å². The molecule has 1 aliphatic heterocycles. The summed E-state index contributed by atoms with van der Waals surface area (Å²) in [6.45, 7) is 1.64. The monoisotopic (exact) mass is 306 g/mol. The molecular formula is C16H22N2O2S. The van der Waals surface area contributed by atoms with Crippen LogP contribution in [-0.2, 0) is 0 Å². The van der Waals surface area contributed by atoms with E-state index in [0.29, 0.717) is 12.5 Å². The Kier molecular flexibility index (Phi) is 3.23. The number of nitrogens with two attached hydrogens (primary N) is 1. The third-order valence-corrected chi connectivity index (χ3v) is 6.10. The summed E-state index contributed by atoms with van der Waals surface area (Å²) in [4.78, 5) is 15.5. The van der Waals surface area contributed by atoms with Crippen molar-refractivity contribution in [2.24, 2.45) is 5.92 Å². The van der Waals surface area contributed by atoms with Crippen molar-refractivity contribution >= 4 is 27.8 Å². The molecule has 0 amide bonds. The number of anilines is 2. The fraction of sp³-hybridized carbons (Fsp3) is 0.688. The van der Waals surface area contributed by atoms with Crippen LogP contribution in [-0.4, -0.2) is 30.1 Å². The molecule has 3 N–H and O–H groups in total. The molecule has 1 aromatic rings. The standard InChI is InChI=1S/C16H22N2O2S/c17-13-12(9-3-4-9)16(18-7-1-2-11(19)8-18)21-15(13)14(20)10-5-6-10/h9-11,19H,1-8,17H2. The molecule has 3 fully saturated rings. The number of aliphatic hydroxyl groups is 1. The number of piperidine rings is 1. The van der Waals surface area contributed by atoms with Gasteiger partial charge in [0.2, 0.25) is 0 Å². The Hall–Kier alpha value is -1.07. The first-order valence-electron chi connectivity index (χ1n) is 8.04. The number of hydrogen-bond acceptors (Lipinski definition) is 5. The van der Waals surface area contributed by atoms with Gasteiger partial charge in [0.25, 0.3) is 0 Å². The molecule has 2 heterocycles. The zero-order valence-corrected chi connectivity index (χ0v) is 13.0. The van der Waals surface area contributed by atoms with E-state index in [9.17, 15) is 9.90 Å².